The molecule has 0 radical (unpaired) electrons. The van der Waals surface area contributed by atoms with Crippen molar-refractivity contribution in [3.8, 4) is 11.1 Å². The fourth-order valence-corrected chi connectivity index (χ4v) is 1.92. The smallest absolute Gasteiger partial charge is 0.118 e. The molecule has 0 saturated carbocycles. The van der Waals surface area contributed by atoms with E-state index in [1.807, 2.05) is 12.1 Å². The first kappa shape index (κ1) is 12.8. The Kier molecular flexibility index (Phi) is 3.07. The van der Waals surface area contributed by atoms with Gasteiger partial charge in [-0.2, -0.15) is 0 Å². The molecule has 0 aliphatic carbocycles. The monoisotopic (exact) mass is 259 g/mol. The van der Waals surface area contributed by atoms with Crippen molar-refractivity contribution < 1.29 is 0 Å². The van der Waals surface area contributed by atoms with E-state index in [4.69, 9.17) is 34.6 Å². The van der Waals surface area contributed by atoms with Crippen LogP contribution in [0.25, 0.3) is 11.1 Å². The maximum Gasteiger partial charge on any atom is 0.118 e. The fourth-order valence-electron chi connectivity index (χ4n) is 1.92. The van der Waals surface area contributed by atoms with Crippen molar-refractivity contribution in [2.75, 3.05) is 28.1 Å². The third-order valence-corrected chi connectivity index (χ3v) is 2.89. The Balaban J connectivity index is 2.63. The lowest BCUT2D eigenvalue weighted by atomic mass is 10.0. The topological polar surface area (TPSA) is 159 Å². The van der Waals surface area contributed by atoms with Crippen LogP contribution >= 0.6 is 0 Å². The second kappa shape index (κ2) is 4.56. The number of hydrazine groups is 2. The number of nitrogens with zero attached hydrogens (tertiary/aromatic N) is 1. The zero-order valence-electron chi connectivity index (χ0n) is 10.3. The van der Waals surface area contributed by atoms with Crippen LogP contribution in [0.1, 0.15) is 0 Å². The van der Waals surface area contributed by atoms with Gasteiger partial charge in [0.25, 0.3) is 0 Å². The van der Waals surface area contributed by atoms with E-state index in [0.29, 0.717) is 28.3 Å². The summed E-state index contributed by atoms with van der Waals surface area (Å²) in [5.74, 6) is 10.9. The highest BCUT2D eigenvalue weighted by Crippen LogP contribution is 2.40. The van der Waals surface area contributed by atoms with Crippen molar-refractivity contribution in [1.82, 2.24) is 0 Å². The summed E-state index contributed by atoms with van der Waals surface area (Å²) in [6.45, 7) is 0. The summed E-state index contributed by atoms with van der Waals surface area (Å²) in [6.07, 6.45) is 0. The van der Waals surface area contributed by atoms with Crippen molar-refractivity contribution in [2.45, 2.75) is 0 Å². The Morgan fingerprint density at radius 1 is 0.789 bits per heavy atom. The van der Waals surface area contributed by atoms with Crippen LogP contribution in [-0.4, -0.2) is 0 Å². The molecule has 19 heavy (non-hydrogen) atoms. The van der Waals surface area contributed by atoms with Crippen LogP contribution in [0.15, 0.2) is 30.3 Å². The standard InChI is InChI=1S/C12H17N7/c13-7-3-1-6(2-4-7)8-5-9(14)12(19(17)18)11(16)10(8)15/h1-5H,13-18H2. The predicted molar refractivity (Wildman–Crippen MR) is 80.4 cm³/mol. The molecule has 12 N–H and O–H groups in total. The molecule has 0 spiro atoms. The van der Waals surface area contributed by atoms with Gasteiger partial charge in [-0.15, -0.1) is 0 Å². The summed E-state index contributed by atoms with van der Waals surface area (Å²) >= 11 is 0. The van der Waals surface area contributed by atoms with E-state index in [-0.39, 0.29) is 5.69 Å². The summed E-state index contributed by atoms with van der Waals surface area (Å²) in [7, 11) is 0. The first-order chi connectivity index (χ1) is 8.91. The first-order valence-electron chi connectivity index (χ1n) is 5.54. The Hall–Kier alpha value is -2.64. The third kappa shape index (κ3) is 2.19. The van der Waals surface area contributed by atoms with Crippen LogP contribution in [-0.2, 0) is 0 Å². The molecule has 0 unspecified atom stereocenters. The Bertz CT molecular complexity index is 604. The summed E-state index contributed by atoms with van der Waals surface area (Å²) in [5.41, 5.74) is 27.0. The molecule has 2 aromatic rings. The molecule has 0 amide bonds. The van der Waals surface area contributed by atoms with E-state index in [9.17, 15) is 0 Å². The fraction of sp³-hybridized carbons (Fsp3) is 0. The Labute approximate surface area is 110 Å². The summed E-state index contributed by atoms with van der Waals surface area (Å²) in [4.78, 5) is 0. The van der Waals surface area contributed by atoms with Gasteiger partial charge in [-0.25, -0.2) is 16.8 Å². The molecule has 7 nitrogen and oxygen atoms in total. The quantitative estimate of drug-likeness (QED) is 0.256. The summed E-state index contributed by atoms with van der Waals surface area (Å²) in [5, 5.41) is 0.855. The van der Waals surface area contributed by atoms with Crippen LogP contribution in [0.3, 0.4) is 0 Å². The van der Waals surface area contributed by atoms with Crippen molar-refractivity contribution in [3.63, 3.8) is 0 Å². The lowest BCUT2D eigenvalue weighted by Gasteiger charge is -2.20. The highest BCUT2D eigenvalue weighted by Gasteiger charge is 2.15. The van der Waals surface area contributed by atoms with Crippen LogP contribution < -0.4 is 39.7 Å². The van der Waals surface area contributed by atoms with Crippen molar-refractivity contribution >= 4 is 28.4 Å². The number of anilines is 5. The number of benzene rings is 2. The molecular weight excluding hydrogens is 242 g/mol. The van der Waals surface area contributed by atoms with Gasteiger partial charge in [-0.3, -0.25) is 0 Å². The zero-order chi connectivity index (χ0) is 14.2. The van der Waals surface area contributed by atoms with E-state index >= 15 is 0 Å². The van der Waals surface area contributed by atoms with E-state index in [0.717, 1.165) is 10.7 Å². The largest absolute Gasteiger partial charge is 0.399 e. The summed E-state index contributed by atoms with van der Waals surface area (Å²) in [6, 6.07) is 8.89. The summed E-state index contributed by atoms with van der Waals surface area (Å²) < 4.78 is 0. The molecule has 0 saturated heterocycles. The molecule has 0 bridgehead atoms. The van der Waals surface area contributed by atoms with Gasteiger partial charge in [0.05, 0.1) is 17.1 Å². The SMILES string of the molecule is Nc1ccc(-c2cc(N)c(N(N)N)c(N)c2N)cc1. The molecular formula is C12H17N7. The Morgan fingerprint density at radius 3 is 1.89 bits per heavy atom. The minimum atomic E-state index is 0.247. The molecule has 7 heteroatoms. The third-order valence-electron chi connectivity index (χ3n) is 2.89. The van der Waals surface area contributed by atoms with Gasteiger partial charge in [0.2, 0.25) is 0 Å². The minimum Gasteiger partial charge on any atom is -0.399 e. The van der Waals surface area contributed by atoms with Gasteiger partial charge >= 0.3 is 0 Å². The van der Waals surface area contributed by atoms with E-state index < -0.39 is 0 Å². The van der Waals surface area contributed by atoms with Crippen LogP contribution in [0.4, 0.5) is 28.4 Å². The normalized spacial score (nSPS) is 10.4. The maximum atomic E-state index is 6.01. The average Bonchev–Trinajstić information content (AvgIpc) is 2.34. The Morgan fingerprint density at radius 2 is 1.37 bits per heavy atom. The van der Waals surface area contributed by atoms with Gasteiger partial charge in [0.1, 0.15) is 5.69 Å². The second-order valence-electron chi connectivity index (χ2n) is 4.22. The molecule has 0 aliphatic heterocycles. The molecule has 0 aromatic heterocycles. The number of nitrogen functional groups attached to an aromatic ring is 4. The number of hydrogen-bond donors (Lipinski definition) is 6. The number of rotatable bonds is 2. The number of nitrogens with two attached hydrogens (primary N) is 6. The molecule has 0 aliphatic rings. The molecule has 2 rings (SSSR count). The van der Waals surface area contributed by atoms with Crippen molar-refractivity contribution in [2.24, 2.45) is 11.7 Å². The second-order valence-corrected chi connectivity index (χ2v) is 4.22. The van der Waals surface area contributed by atoms with Gasteiger partial charge in [0, 0.05) is 11.3 Å². The lowest BCUT2D eigenvalue weighted by molar-refractivity contribution is 0.929. The molecule has 0 fully saturated rings. The lowest BCUT2D eigenvalue weighted by Crippen LogP contribution is -2.39. The minimum absolute atomic E-state index is 0.247. The van der Waals surface area contributed by atoms with Gasteiger partial charge < -0.3 is 22.9 Å². The van der Waals surface area contributed by atoms with E-state index in [1.165, 1.54) is 0 Å². The zero-order valence-corrected chi connectivity index (χ0v) is 10.3. The number of hydrogen-bond acceptors (Lipinski definition) is 7. The van der Waals surface area contributed by atoms with Gasteiger partial charge in [-0.05, 0) is 23.8 Å². The van der Waals surface area contributed by atoms with E-state index in [1.54, 1.807) is 18.2 Å². The molecule has 2 aromatic carbocycles. The molecule has 0 atom stereocenters. The average molecular weight is 259 g/mol. The van der Waals surface area contributed by atoms with Crippen molar-refractivity contribution in [3.05, 3.63) is 30.3 Å². The molecule has 0 heterocycles. The predicted octanol–water partition coefficient (Wildman–Crippen LogP) is 0.236. The van der Waals surface area contributed by atoms with Gasteiger partial charge in [-0.1, -0.05) is 12.1 Å². The first-order valence-corrected chi connectivity index (χ1v) is 5.54. The highest BCUT2D eigenvalue weighted by molar-refractivity contribution is 5.97. The maximum absolute atomic E-state index is 6.01. The van der Waals surface area contributed by atoms with Crippen LogP contribution in [0.2, 0.25) is 0 Å². The molecule has 100 valence electrons. The van der Waals surface area contributed by atoms with Crippen LogP contribution in [0.5, 0.6) is 0 Å². The van der Waals surface area contributed by atoms with Crippen molar-refractivity contribution in [1.29, 1.82) is 0 Å². The highest BCUT2D eigenvalue weighted by atomic mass is 15.6. The van der Waals surface area contributed by atoms with E-state index in [2.05, 4.69) is 0 Å². The van der Waals surface area contributed by atoms with Crippen LogP contribution in [0, 0.1) is 0 Å². The van der Waals surface area contributed by atoms with Gasteiger partial charge in [0.15, 0.2) is 0 Å².